The number of aromatic nitrogens is 2. The Morgan fingerprint density at radius 2 is 1.56 bits per heavy atom. The van der Waals surface area contributed by atoms with Gasteiger partial charge in [0.25, 0.3) is 0 Å². The highest BCUT2D eigenvalue weighted by Gasteiger charge is 2.06. The number of benzene rings is 2. The van der Waals surface area contributed by atoms with Gasteiger partial charge in [0.15, 0.2) is 5.82 Å². The number of hydrogen-bond donors (Lipinski definition) is 2. The van der Waals surface area contributed by atoms with E-state index < -0.39 is 0 Å². The highest BCUT2D eigenvalue weighted by atomic mass is 35.5. The first-order valence-corrected chi connectivity index (χ1v) is 8.75. The summed E-state index contributed by atoms with van der Waals surface area (Å²) in [4.78, 5) is 12.1. The molecule has 3 rings (SSSR count). The van der Waals surface area contributed by atoms with E-state index in [-0.39, 0.29) is 12.3 Å². The summed E-state index contributed by atoms with van der Waals surface area (Å²) in [6.07, 6.45) is 0.246. The topological polar surface area (TPSA) is 76.1 Å². The molecule has 0 saturated heterocycles. The van der Waals surface area contributed by atoms with Gasteiger partial charge in [0.1, 0.15) is 11.6 Å². The first-order chi connectivity index (χ1) is 13.1. The van der Waals surface area contributed by atoms with Gasteiger partial charge in [-0.15, -0.1) is 10.2 Å². The number of carbonyl (C=O) groups is 1. The Hall–Kier alpha value is -3.12. The van der Waals surface area contributed by atoms with Crippen LogP contribution >= 0.6 is 11.6 Å². The van der Waals surface area contributed by atoms with Crippen LogP contribution in [-0.2, 0) is 17.8 Å². The Labute approximate surface area is 162 Å². The van der Waals surface area contributed by atoms with Crippen molar-refractivity contribution in [2.75, 3.05) is 17.7 Å². The lowest BCUT2D eigenvalue weighted by Crippen LogP contribution is -2.15. The summed E-state index contributed by atoms with van der Waals surface area (Å²) in [6.45, 7) is 0.612. The van der Waals surface area contributed by atoms with Crippen LogP contribution in [0.4, 0.5) is 11.6 Å². The molecule has 0 atom stereocenters. The van der Waals surface area contributed by atoms with Crippen LogP contribution in [0.15, 0.2) is 60.7 Å². The third-order valence-corrected chi connectivity index (χ3v) is 4.09. The highest BCUT2D eigenvalue weighted by molar-refractivity contribution is 6.30. The maximum atomic E-state index is 12.1. The summed E-state index contributed by atoms with van der Waals surface area (Å²) in [5.74, 6) is 1.69. The molecule has 0 aliphatic rings. The van der Waals surface area contributed by atoms with Gasteiger partial charge in [0, 0.05) is 11.6 Å². The number of amides is 1. The van der Waals surface area contributed by atoms with Crippen molar-refractivity contribution >= 4 is 29.1 Å². The molecule has 0 unspecified atom stereocenters. The maximum absolute atomic E-state index is 12.1. The van der Waals surface area contributed by atoms with Gasteiger partial charge in [-0.3, -0.25) is 4.79 Å². The van der Waals surface area contributed by atoms with Crippen LogP contribution in [0.1, 0.15) is 11.1 Å². The van der Waals surface area contributed by atoms with Crippen LogP contribution in [0, 0.1) is 0 Å². The number of ether oxygens (including phenoxy) is 1. The van der Waals surface area contributed by atoms with E-state index >= 15 is 0 Å². The van der Waals surface area contributed by atoms with E-state index in [1.807, 2.05) is 36.4 Å². The summed E-state index contributed by atoms with van der Waals surface area (Å²) >= 11 is 5.84. The summed E-state index contributed by atoms with van der Waals surface area (Å²) < 4.78 is 5.14. The highest BCUT2D eigenvalue weighted by Crippen LogP contribution is 2.14. The van der Waals surface area contributed by atoms with E-state index in [4.69, 9.17) is 16.3 Å². The maximum Gasteiger partial charge on any atom is 0.229 e. The number of rotatable bonds is 7. The second-order valence-corrected chi connectivity index (χ2v) is 6.29. The minimum absolute atomic E-state index is 0.162. The van der Waals surface area contributed by atoms with Gasteiger partial charge >= 0.3 is 0 Å². The molecule has 1 amide bonds. The summed E-state index contributed by atoms with van der Waals surface area (Å²) in [5, 5.41) is 14.7. The lowest BCUT2D eigenvalue weighted by molar-refractivity contribution is -0.115. The minimum atomic E-state index is -0.162. The number of hydrogen-bond acceptors (Lipinski definition) is 5. The lowest BCUT2D eigenvalue weighted by atomic mass is 10.1. The van der Waals surface area contributed by atoms with Gasteiger partial charge in [0.2, 0.25) is 5.91 Å². The molecule has 0 aliphatic heterocycles. The number of halogens is 1. The number of anilines is 2. The van der Waals surface area contributed by atoms with Crippen molar-refractivity contribution < 1.29 is 9.53 Å². The van der Waals surface area contributed by atoms with Crippen LogP contribution in [-0.4, -0.2) is 23.2 Å². The molecule has 0 spiro atoms. The van der Waals surface area contributed by atoms with E-state index in [2.05, 4.69) is 20.8 Å². The summed E-state index contributed by atoms with van der Waals surface area (Å²) in [6, 6.07) is 18.4. The molecule has 0 bridgehead atoms. The average Bonchev–Trinajstić information content (AvgIpc) is 2.69. The monoisotopic (exact) mass is 382 g/mol. The van der Waals surface area contributed by atoms with Crippen molar-refractivity contribution in [1.29, 1.82) is 0 Å². The van der Waals surface area contributed by atoms with Gasteiger partial charge in [0.05, 0.1) is 13.5 Å². The average molecular weight is 383 g/mol. The zero-order chi connectivity index (χ0) is 19.1. The molecule has 0 radical (unpaired) electrons. The van der Waals surface area contributed by atoms with Gasteiger partial charge in [-0.25, -0.2) is 0 Å². The Morgan fingerprint density at radius 3 is 2.19 bits per heavy atom. The molecule has 6 nitrogen and oxygen atoms in total. The molecule has 138 valence electrons. The second-order valence-electron chi connectivity index (χ2n) is 5.86. The van der Waals surface area contributed by atoms with E-state index in [1.54, 1.807) is 31.4 Å². The van der Waals surface area contributed by atoms with Crippen molar-refractivity contribution in [3.05, 3.63) is 76.8 Å². The SMILES string of the molecule is COc1ccc(CNc2ccc(NC(=O)Cc3ccc(Cl)cc3)nn2)cc1. The molecule has 0 saturated carbocycles. The summed E-state index contributed by atoms with van der Waals surface area (Å²) in [7, 11) is 1.64. The Morgan fingerprint density at radius 1 is 0.926 bits per heavy atom. The zero-order valence-electron chi connectivity index (χ0n) is 14.8. The van der Waals surface area contributed by atoms with Crippen molar-refractivity contribution in [3.8, 4) is 5.75 Å². The number of nitrogens with one attached hydrogen (secondary N) is 2. The number of nitrogens with zero attached hydrogens (tertiary/aromatic N) is 2. The molecule has 27 heavy (non-hydrogen) atoms. The van der Waals surface area contributed by atoms with E-state index in [0.717, 1.165) is 16.9 Å². The molecule has 2 aromatic carbocycles. The van der Waals surface area contributed by atoms with Crippen molar-refractivity contribution in [1.82, 2.24) is 10.2 Å². The fourth-order valence-corrected chi connectivity index (χ4v) is 2.53. The minimum Gasteiger partial charge on any atom is -0.497 e. The number of methoxy groups -OCH3 is 1. The molecular formula is C20H19ClN4O2. The Balaban J connectivity index is 1.50. The predicted molar refractivity (Wildman–Crippen MR) is 106 cm³/mol. The predicted octanol–water partition coefficient (Wildman–Crippen LogP) is 3.93. The van der Waals surface area contributed by atoms with Crippen LogP contribution in [0.3, 0.4) is 0 Å². The molecule has 1 heterocycles. The van der Waals surface area contributed by atoms with Crippen LogP contribution in [0.2, 0.25) is 5.02 Å². The van der Waals surface area contributed by atoms with Crippen LogP contribution in [0.5, 0.6) is 5.75 Å². The van der Waals surface area contributed by atoms with Crippen molar-refractivity contribution in [2.24, 2.45) is 0 Å². The molecule has 1 aromatic heterocycles. The first kappa shape index (κ1) is 18.7. The molecule has 0 fully saturated rings. The van der Waals surface area contributed by atoms with E-state index in [1.165, 1.54) is 0 Å². The van der Waals surface area contributed by atoms with E-state index in [9.17, 15) is 4.79 Å². The largest absolute Gasteiger partial charge is 0.497 e. The smallest absolute Gasteiger partial charge is 0.229 e. The molecule has 7 heteroatoms. The van der Waals surface area contributed by atoms with Gasteiger partial charge in [-0.1, -0.05) is 35.9 Å². The van der Waals surface area contributed by atoms with Crippen molar-refractivity contribution in [3.63, 3.8) is 0 Å². The van der Waals surface area contributed by atoms with Crippen LogP contribution < -0.4 is 15.4 Å². The molecule has 0 aliphatic carbocycles. The van der Waals surface area contributed by atoms with Gasteiger partial charge in [-0.2, -0.15) is 0 Å². The quantitative estimate of drug-likeness (QED) is 0.647. The third-order valence-electron chi connectivity index (χ3n) is 3.84. The zero-order valence-corrected chi connectivity index (χ0v) is 15.5. The Bertz CT molecular complexity index is 881. The number of carbonyl (C=O) groups excluding carboxylic acids is 1. The lowest BCUT2D eigenvalue weighted by Gasteiger charge is -2.08. The fourth-order valence-electron chi connectivity index (χ4n) is 2.40. The fraction of sp³-hybridized carbons (Fsp3) is 0.150. The van der Waals surface area contributed by atoms with Gasteiger partial charge < -0.3 is 15.4 Å². The normalized spacial score (nSPS) is 10.3. The molecular weight excluding hydrogens is 364 g/mol. The van der Waals surface area contributed by atoms with Crippen LogP contribution in [0.25, 0.3) is 0 Å². The van der Waals surface area contributed by atoms with Gasteiger partial charge in [-0.05, 0) is 47.5 Å². The van der Waals surface area contributed by atoms with Crippen molar-refractivity contribution in [2.45, 2.75) is 13.0 Å². The second kappa shape index (κ2) is 9.00. The molecule has 3 aromatic rings. The first-order valence-electron chi connectivity index (χ1n) is 8.37. The Kier molecular flexibility index (Phi) is 6.22. The standard InChI is InChI=1S/C20H19ClN4O2/c1-27-17-8-4-15(5-9-17)13-22-18-10-11-19(25-24-18)23-20(26)12-14-2-6-16(21)7-3-14/h2-11H,12-13H2,1H3,(H,22,24)(H,23,25,26). The third kappa shape index (κ3) is 5.69. The summed E-state index contributed by atoms with van der Waals surface area (Å²) in [5.41, 5.74) is 1.97. The molecule has 2 N–H and O–H groups in total. The van der Waals surface area contributed by atoms with E-state index in [0.29, 0.717) is 23.2 Å².